The lowest BCUT2D eigenvalue weighted by Gasteiger charge is -2.28. The predicted octanol–water partition coefficient (Wildman–Crippen LogP) is 3.62. The number of guanidine groups is 1. The quantitative estimate of drug-likeness (QED) is 0.336. The molecule has 1 unspecified atom stereocenters. The van der Waals surface area contributed by atoms with E-state index in [0.29, 0.717) is 13.1 Å². The first-order chi connectivity index (χ1) is 12.7. The molecular weight excluding hydrogens is 471 g/mol. The molecule has 0 saturated carbocycles. The summed E-state index contributed by atoms with van der Waals surface area (Å²) in [5, 5.41) is 6.54. The van der Waals surface area contributed by atoms with Crippen LogP contribution in [0.15, 0.2) is 29.3 Å². The number of benzene rings is 1. The molecule has 0 saturated heterocycles. The maximum atomic E-state index is 12.1. The first-order valence-corrected chi connectivity index (χ1v) is 9.19. The van der Waals surface area contributed by atoms with E-state index in [2.05, 4.69) is 15.6 Å². The van der Waals surface area contributed by atoms with Crippen LogP contribution < -0.4 is 15.4 Å². The van der Waals surface area contributed by atoms with Crippen LogP contribution in [-0.2, 0) is 11.3 Å². The number of hydrogen-bond acceptors (Lipinski definition) is 4. The lowest BCUT2D eigenvalue weighted by molar-refractivity contribution is 0.0230. The molecule has 0 fully saturated rings. The summed E-state index contributed by atoms with van der Waals surface area (Å²) in [7, 11) is 5.15. The fourth-order valence-corrected chi connectivity index (χ4v) is 2.26. The average Bonchev–Trinajstić information content (AvgIpc) is 2.62. The van der Waals surface area contributed by atoms with Gasteiger partial charge in [0.1, 0.15) is 11.4 Å². The lowest BCUT2D eigenvalue weighted by Crippen LogP contribution is -2.42. The van der Waals surface area contributed by atoms with Crippen LogP contribution in [0.2, 0.25) is 0 Å². The van der Waals surface area contributed by atoms with Gasteiger partial charge >= 0.3 is 6.09 Å². The number of carbonyl (C=O) groups is 1. The number of aliphatic imine (C=N–C) groups is 1. The molecule has 0 bridgehead atoms. The van der Waals surface area contributed by atoms with Crippen LogP contribution in [-0.4, -0.2) is 56.3 Å². The van der Waals surface area contributed by atoms with E-state index in [1.54, 1.807) is 26.1 Å². The van der Waals surface area contributed by atoms with E-state index in [9.17, 15) is 4.79 Å². The molecule has 2 N–H and O–H groups in total. The number of rotatable bonds is 7. The molecule has 8 heteroatoms. The SMILES string of the molecule is CN=C(NCCC(C)N(C)C(=O)OC(C)(C)C)NCc1ccc(OC)cc1.I. The molecule has 7 nitrogen and oxygen atoms in total. The molecule has 1 rings (SSSR count). The second-order valence-corrected chi connectivity index (χ2v) is 7.43. The van der Waals surface area contributed by atoms with E-state index in [1.165, 1.54) is 0 Å². The number of amides is 1. The molecule has 0 spiro atoms. The Morgan fingerprint density at radius 3 is 2.32 bits per heavy atom. The Bertz CT molecular complexity index is 615. The number of nitrogens with one attached hydrogen (secondary N) is 2. The van der Waals surface area contributed by atoms with Crippen molar-refractivity contribution in [1.29, 1.82) is 0 Å². The third kappa shape index (κ3) is 10.0. The summed E-state index contributed by atoms with van der Waals surface area (Å²) in [5.41, 5.74) is 0.647. The zero-order valence-corrected chi connectivity index (χ0v) is 20.4. The van der Waals surface area contributed by atoms with Crippen molar-refractivity contribution in [3.8, 4) is 5.75 Å². The van der Waals surface area contributed by atoms with E-state index in [4.69, 9.17) is 9.47 Å². The van der Waals surface area contributed by atoms with E-state index in [-0.39, 0.29) is 36.1 Å². The highest BCUT2D eigenvalue weighted by Crippen LogP contribution is 2.12. The normalized spacial score (nSPS) is 12.5. The summed E-state index contributed by atoms with van der Waals surface area (Å²) < 4.78 is 10.6. The summed E-state index contributed by atoms with van der Waals surface area (Å²) in [5.74, 6) is 1.56. The van der Waals surface area contributed by atoms with Crippen LogP contribution in [0.1, 0.15) is 39.7 Å². The van der Waals surface area contributed by atoms with Crippen LogP contribution in [0, 0.1) is 0 Å². The molecule has 160 valence electrons. The highest BCUT2D eigenvalue weighted by atomic mass is 127. The average molecular weight is 506 g/mol. The fourth-order valence-electron chi connectivity index (χ4n) is 2.26. The van der Waals surface area contributed by atoms with Crippen molar-refractivity contribution in [2.75, 3.05) is 27.7 Å². The zero-order valence-electron chi connectivity index (χ0n) is 18.0. The number of hydrogen-bond donors (Lipinski definition) is 2. The minimum Gasteiger partial charge on any atom is -0.497 e. The molecule has 0 aliphatic rings. The third-order valence-electron chi connectivity index (χ3n) is 4.04. The lowest BCUT2D eigenvalue weighted by atomic mass is 10.2. The molecule has 0 heterocycles. The topological polar surface area (TPSA) is 75.2 Å². The van der Waals surface area contributed by atoms with Gasteiger partial charge in [-0.05, 0) is 51.8 Å². The van der Waals surface area contributed by atoms with Crippen molar-refractivity contribution < 1.29 is 14.3 Å². The van der Waals surface area contributed by atoms with Gasteiger partial charge in [0.15, 0.2) is 5.96 Å². The summed E-state index contributed by atoms with van der Waals surface area (Å²) in [6, 6.07) is 7.93. The van der Waals surface area contributed by atoms with E-state index < -0.39 is 5.60 Å². The van der Waals surface area contributed by atoms with Gasteiger partial charge < -0.3 is 25.0 Å². The summed E-state index contributed by atoms with van der Waals surface area (Å²) in [4.78, 5) is 17.9. The van der Waals surface area contributed by atoms with Crippen molar-refractivity contribution in [2.24, 2.45) is 4.99 Å². The third-order valence-corrected chi connectivity index (χ3v) is 4.04. The molecule has 0 aromatic heterocycles. The number of nitrogens with zero attached hydrogens (tertiary/aromatic N) is 2. The van der Waals surface area contributed by atoms with Gasteiger partial charge in [-0.2, -0.15) is 0 Å². The van der Waals surface area contributed by atoms with Crippen LogP contribution >= 0.6 is 24.0 Å². The largest absolute Gasteiger partial charge is 0.497 e. The van der Waals surface area contributed by atoms with Crippen molar-refractivity contribution in [3.63, 3.8) is 0 Å². The van der Waals surface area contributed by atoms with Gasteiger partial charge in [0.05, 0.1) is 7.11 Å². The molecule has 0 radical (unpaired) electrons. The molecule has 1 aromatic carbocycles. The zero-order chi connectivity index (χ0) is 20.4. The van der Waals surface area contributed by atoms with Crippen molar-refractivity contribution in [1.82, 2.24) is 15.5 Å². The predicted molar refractivity (Wildman–Crippen MR) is 125 cm³/mol. The minimum absolute atomic E-state index is 0. The van der Waals surface area contributed by atoms with Crippen LogP contribution in [0.3, 0.4) is 0 Å². The van der Waals surface area contributed by atoms with Gasteiger partial charge in [0, 0.05) is 33.2 Å². The van der Waals surface area contributed by atoms with E-state index in [1.807, 2.05) is 52.0 Å². The highest BCUT2D eigenvalue weighted by molar-refractivity contribution is 14.0. The monoisotopic (exact) mass is 506 g/mol. The Balaban J connectivity index is 0.00000729. The van der Waals surface area contributed by atoms with Gasteiger partial charge in [-0.15, -0.1) is 24.0 Å². The Hall–Kier alpha value is -1.71. The highest BCUT2D eigenvalue weighted by Gasteiger charge is 2.22. The second kappa shape index (κ2) is 12.7. The van der Waals surface area contributed by atoms with Crippen LogP contribution in [0.4, 0.5) is 4.79 Å². The van der Waals surface area contributed by atoms with Gasteiger partial charge in [0.25, 0.3) is 0 Å². The first kappa shape index (κ1) is 26.3. The maximum absolute atomic E-state index is 12.1. The van der Waals surface area contributed by atoms with Crippen molar-refractivity contribution in [3.05, 3.63) is 29.8 Å². The smallest absolute Gasteiger partial charge is 0.410 e. The molecule has 0 aliphatic carbocycles. The molecule has 1 amide bonds. The Morgan fingerprint density at radius 1 is 1.21 bits per heavy atom. The Labute approximate surface area is 186 Å². The van der Waals surface area contributed by atoms with Crippen molar-refractivity contribution >= 4 is 36.0 Å². The minimum atomic E-state index is -0.489. The molecule has 0 aliphatic heterocycles. The first-order valence-electron chi connectivity index (χ1n) is 9.19. The van der Waals surface area contributed by atoms with Gasteiger partial charge in [0.2, 0.25) is 0 Å². The van der Waals surface area contributed by atoms with E-state index >= 15 is 0 Å². The molecule has 1 aromatic rings. The second-order valence-electron chi connectivity index (χ2n) is 7.43. The number of carbonyl (C=O) groups excluding carboxylic acids is 1. The van der Waals surface area contributed by atoms with Gasteiger partial charge in [-0.25, -0.2) is 4.79 Å². The Morgan fingerprint density at radius 2 is 1.82 bits per heavy atom. The summed E-state index contributed by atoms with van der Waals surface area (Å²) in [6.07, 6.45) is 0.468. The maximum Gasteiger partial charge on any atom is 0.410 e. The molecule has 28 heavy (non-hydrogen) atoms. The van der Waals surface area contributed by atoms with E-state index in [0.717, 1.165) is 23.7 Å². The summed E-state index contributed by atoms with van der Waals surface area (Å²) in [6.45, 7) is 8.95. The standard InChI is InChI=1S/C20H34N4O3.HI/c1-15(24(6)19(25)27-20(2,3)4)12-13-22-18(21-5)23-14-16-8-10-17(26-7)11-9-16;/h8-11,15H,12-14H2,1-7H3,(H2,21,22,23);1H. The van der Waals surface area contributed by atoms with Crippen molar-refractivity contribution in [2.45, 2.75) is 52.3 Å². The molecule has 1 atom stereocenters. The summed E-state index contributed by atoms with van der Waals surface area (Å²) >= 11 is 0. The van der Waals surface area contributed by atoms with Crippen LogP contribution in [0.5, 0.6) is 5.75 Å². The van der Waals surface area contributed by atoms with Gasteiger partial charge in [-0.1, -0.05) is 12.1 Å². The number of ether oxygens (including phenoxy) is 2. The Kier molecular flexibility index (Phi) is 11.9. The number of halogens is 1. The van der Waals surface area contributed by atoms with Gasteiger partial charge in [-0.3, -0.25) is 4.99 Å². The molecular formula is C20H35IN4O3. The fraction of sp³-hybridized carbons (Fsp3) is 0.600. The number of methoxy groups -OCH3 is 1. The van der Waals surface area contributed by atoms with Crippen LogP contribution in [0.25, 0.3) is 0 Å².